The molecule has 2 heterocycles. The number of halogens is 2. The van der Waals surface area contributed by atoms with Crippen molar-refractivity contribution < 1.29 is 23.1 Å². The van der Waals surface area contributed by atoms with Gasteiger partial charge >= 0.3 is 5.97 Å². The van der Waals surface area contributed by atoms with Crippen molar-refractivity contribution in [1.29, 1.82) is 0 Å². The second kappa shape index (κ2) is 11.1. The predicted octanol–water partition coefficient (Wildman–Crippen LogP) is 5.53. The SMILES string of the molecule is CC[C@@H](CS(=O)(=O)C(C)(C)C)N1C(=O)[C@@H](CC(=O)O)C[C@H](c2cncc(Cl)c2)[C@H]1c1ccc(Cl)cc1. The molecule has 3 rings (SSSR count). The van der Waals surface area contributed by atoms with Crippen LogP contribution in [0.4, 0.5) is 0 Å². The minimum absolute atomic E-state index is 0.233. The molecule has 0 bridgehead atoms. The summed E-state index contributed by atoms with van der Waals surface area (Å²) in [6, 6.07) is 7.64. The molecule has 0 unspecified atom stereocenters. The third kappa shape index (κ3) is 6.21. The van der Waals surface area contributed by atoms with Crippen LogP contribution in [0.3, 0.4) is 0 Å². The number of carboxylic acids is 1. The van der Waals surface area contributed by atoms with Crippen molar-refractivity contribution in [1.82, 2.24) is 9.88 Å². The molecule has 1 fully saturated rings. The fourth-order valence-corrected chi connectivity index (χ4v) is 6.48. The quantitative estimate of drug-likeness (QED) is 0.460. The average Bonchev–Trinajstić information content (AvgIpc) is 2.78. The van der Waals surface area contributed by atoms with Crippen molar-refractivity contribution in [2.24, 2.45) is 5.92 Å². The first-order valence-electron chi connectivity index (χ1n) is 11.9. The van der Waals surface area contributed by atoms with Crippen LogP contribution >= 0.6 is 23.2 Å². The number of pyridine rings is 1. The molecule has 196 valence electrons. The van der Waals surface area contributed by atoms with Crippen LogP contribution in [0.5, 0.6) is 0 Å². The molecule has 1 aromatic heterocycles. The Balaban J connectivity index is 2.21. The van der Waals surface area contributed by atoms with E-state index in [0.717, 1.165) is 11.1 Å². The van der Waals surface area contributed by atoms with Gasteiger partial charge in [0.25, 0.3) is 0 Å². The van der Waals surface area contributed by atoms with E-state index in [9.17, 15) is 23.1 Å². The largest absolute Gasteiger partial charge is 0.481 e. The first kappa shape index (κ1) is 28.4. The Hall–Kier alpha value is -2.16. The number of carboxylic acid groups (broad SMARTS) is 1. The predicted molar refractivity (Wildman–Crippen MR) is 141 cm³/mol. The maximum absolute atomic E-state index is 13.9. The summed E-state index contributed by atoms with van der Waals surface area (Å²) in [6.45, 7) is 6.75. The lowest BCUT2D eigenvalue weighted by atomic mass is 9.74. The molecule has 4 atom stereocenters. The summed E-state index contributed by atoms with van der Waals surface area (Å²) in [4.78, 5) is 31.4. The highest BCUT2D eigenvalue weighted by molar-refractivity contribution is 7.92. The molecule has 1 saturated heterocycles. The van der Waals surface area contributed by atoms with Gasteiger partial charge in [-0.25, -0.2) is 8.42 Å². The molecule has 1 amide bonds. The zero-order valence-electron chi connectivity index (χ0n) is 20.8. The zero-order chi connectivity index (χ0) is 26.8. The second-order valence-corrected chi connectivity index (χ2v) is 13.9. The van der Waals surface area contributed by atoms with E-state index in [1.54, 1.807) is 50.1 Å². The van der Waals surface area contributed by atoms with E-state index in [4.69, 9.17) is 23.2 Å². The maximum atomic E-state index is 13.9. The van der Waals surface area contributed by atoms with E-state index in [1.807, 2.05) is 19.1 Å². The molecule has 2 aromatic rings. The summed E-state index contributed by atoms with van der Waals surface area (Å²) in [5.41, 5.74) is 1.53. The highest BCUT2D eigenvalue weighted by Crippen LogP contribution is 2.47. The molecule has 1 aliphatic rings. The third-order valence-electron chi connectivity index (χ3n) is 6.82. The van der Waals surface area contributed by atoms with Crippen LogP contribution in [0.1, 0.15) is 70.0 Å². The number of piperidine rings is 1. The number of carbonyl (C=O) groups excluding carboxylic acids is 1. The minimum atomic E-state index is -3.59. The van der Waals surface area contributed by atoms with Crippen molar-refractivity contribution in [2.45, 2.75) is 69.7 Å². The maximum Gasteiger partial charge on any atom is 0.304 e. The molecule has 0 saturated carbocycles. The number of sulfone groups is 1. The van der Waals surface area contributed by atoms with Gasteiger partial charge in [0.2, 0.25) is 5.91 Å². The van der Waals surface area contributed by atoms with Gasteiger partial charge in [-0.15, -0.1) is 0 Å². The van der Waals surface area contributed by atoms with E-state index in [0.29, 0.717) is 16.5 Å². The van der Waals surface area contributed by atoms with Crippen LogP contribution < -0.4 is 0 Å². The highest BCUT2D eigenvalue weighted by Gasteiger charge is 2.47. The van der Waals surface area contributed by atoms with Gasteiger partial charge in [-0.3, -0.25) is 14.6 Å². The second-order valence-electron chi connectivity index (χ2n) is 10.3. The molecule has 7 nitrogen and oxygen atoms in total. The van der Waals surface area contributed by atoms with Gasteiger partial charge < -0.3 is 10.0 Å². The Kier molecular flexibility index (Phi) is 8.74. The molecule has 0 radical (unpaired) electrons. The number of amides is 1. The molecule has 36 heavy (non-hydrogen) atoms. The highest BCUT2D eigenvalue weighted by atomic mass is 35.5. The van der Waals surface area contributed by atoms with Crippen molar-refractivity contribution in [3.05, 3.63) is 63.9 Å². The number of carbonyl (C=O) groups is 2. The fourth-order valence-electron chi connectivity index (χ4n) is 4.77. The van der Waals surface area contributed by atoms with E-state index in [1.165, 1.54) is 6.20 Å². The van der Waals surface area contributed by atoms with Crippen LogP contribution in [0.25, 0.3) is 0 Å². The average molecular weight is 556 g/mol. The van der Waals surface area contributed by atoms with Crippen LogP contribution in [-0.2, 0) is 19.4 Å². The van der Waals surface area contributed by atoms with Gasteiger partial charge in [0.15, 0.2) is 9.84 Å². The van der Waals surface area contributed by atoms with Crippen LogP contribution in [-0.4, -0.2) is 51.8 Å². The van der Waals surface area contributed by atoms with Gasteiger partial charge in [-0.2, -0.15) is 0 Å². The van der Waals surface area contributed by atoms with Gasteiger partial charge in [-0.05, 0) is 62.9 Å². The van der Waals surface area contributed by atoms with Crippen molar-refractivity contribution in [3.8, 4) is 0 Å². The molecule has 10 heteroatoms. The lowest BCUT2D eigenvalue weighted by molar-refractivity contribution is -0.152. The number of aliphatic carboxylic acids is 1. The standard InChI is InChI=1S/C26H32Cl2N2O5S/c1-5-21(15-36(34,35)26(2,3)4)30-24(16-6-8-19(27)9-7-16)22(18-10-20(28)14-29-13-18)11-17(25(30)33)12-23(31)32/h6-10,13-14,17,21-22,24H,5,11-12,15H2,1-4H3,(H,31,32)/t17-,21+,22-,24-/m1/s1. The number of nitrogens with zero attached hydrogens (tertiary/aromatic N) is 2. The summed E-state index contributed by atoms with van der Waals surface area (Å²) in [7, 11) is -3.59. The van der Waals surface area contributed by atoms with E-state index in [2.05, 4.69) is 4.98 Å². The van der Waals surface area contributed by atoms with E-state index >= 15 is 0 Å². The summed E-state index contributed by atoms with van der Waals surface area (Å²) in [5, 5.41) is 10.5. The summed E-state index contributed by atoms with van der Waals surface area (Å²) in [5.74, 6) is -2.85. The number of likely N-dealkylation sites (tertiary alicyclic amines) is 1. The van der Waals surface area contributed by atoms with Gasteiger partial charge in [0, 0.05) is 35.3 Å². The topological polar surface area (TPSA) is 105 Å². The Morgan fingerprint density at radius 1 is 1.14 bits per heavy atom. The van der Waals surface area contributed by atoms with Gasteiger partial charge in [0.05, 0.1) is 28.0 Å². The number of benzene rings is 1. The molecule has 0 spiro atoms. The fraction of sp³-hybridized carbons (Fsp3) is 0.500. The summed E-state index contributed by atoms with van der Waals surface area (Å²) in [6.07, 6.45) is 3.46. The van der Waals surface area contributed by atoms with Crippen LogP contribution in [0.15, 0.2) is 42.7 Å². The summed E-state index contributed by atoms with van der Waals surface area (Å²) < 4.78 is 25.5. The Labute approximate surface area is 222 Å². The van der Waals surface area contributed by atoms with Crippen molar-refractivity contribution >= 4 is 44.9 Å². The first-order valence-corrected chi connectivity index (χ1v) is 14.3. The molecular formula is C26H32Cl2N2O5S. The van der Waals surface area contributed by atoms with E-state index < -0.39 is 38.6 Å². The number of hydrogen-bond acceptors (Lipinski definition) is 5. The van der Waals surface area contributed by atoms with Crippen LogP contribution in [0.2, 0.25) is 10.0 Å². The van der Waals surface area contributed by atoms with Crippen molar-refractivity contribution in [2.75, 3.05) is 5.75 Å². The summed E-state index contributed by atoms with van der Waals surface area (Å²) >= 11 is 12.4. The number of hydrogen-bond donors (Lipinski definition) is 1. The monoisotopic (exact) mass is 554 g/mol. The van der Waals surface area contributed by atoms with Gasteiger partial charge in [-0.1, -0.05) is 42.3 Å². The third-order valence-corrected chi connectivity index (χ3v) is 9.97. The lowest BCUT2D eigenvalue weighted by Gasteiger charge is -2.48. The minimum Gasteiger partial charge on any atom is -0.481 e. The molecule has 1 aromatic carbocycles. The first-order chi connectivity index (χ1) is 16.7. The van der Waals surface area contributed by atoms with Crippen LogP contribution in [0, 0.1) is 5.92 Å². The molecule has 1 N–H and O–H groups in total. The Morgan fingerprint density at radius 3 is 2.31 bits per heavy atom. The molecule has 0 aliphatic carbocycles. The number of aromatic nitrogens is 1. The smallest absolute Gasteiger partial charge is 0.304 e. The Morgan fingerprint density at radius 2 is 1.78 bits per heavy atom. The van der Waals surface area contributed by atoms with Crippen molar-refractivity contribution in [3.63, 3.8) is 0 Å². The van der Waals surface area contributed by atoms with Gasteiger partial charge in [0.1, 0.15) is 0 Å². The normalized spacial score (nSPS) is 21.9. The zero-order valence-corrected chi connectivity index (χ0v) is 23.1. The molecule has 1 aliphatic heterocycles. The number of rotatable bonds is 8. The molecular weight excluding hydrogens is 523 g/mol. The van der Waals surface area contributed by atoms with E-state index in [-0.39, 0.29) is 30.4 Å². The lowest BCUT2D eigenvalue weighted by Crippen LogP contribution is -2.54. The Bertz CT molecular complexity index is 1210.